The van der Waals surface area contributed by atoms with Gasteiger partial charge in [-0.1, -0.05) is 18.9 Å². The summed E-state index contributed by atoms with van der Waals surface area (Å²) in [5, 5.41) is 3.08. The van der Waals surface area contributed by atoms with Gasteiger partial charge in [0.1, 0.15) is 5.82 Å². The number of nitrogens with zero attached hydrogens (tertiary/aromatic N) is 2. The standard InChI is InChI=1S/C16H23N3O2/c20-16(13-4-1-2-5-13)18-12-14-6-3-7-17-15(14)19-8-10-21-11-9-19/h3,6-7,13H,1-2,4-5,8-12H2,(H,18,20). The number of carbonyl (C=O) groups is 1. The molecule has 0 unspecified atom stereocenters. The molecule has 0 atom stereocenters. The molecule has 0 radical (unpaired) electrons. The Morgan fingerprint density at radius 3 is 2.86 bits per heavy atom. The normalized spacial score (nSPS) is 19.7. The van der Waals surface area contributed by atoms with E-state index in [0.717, 1.165) is 50.5 Å². The van der Waals surface area contributed by atoms with Crippen LogP contribution >= 0.6 is 0 Å². The average Bonchev–Trinajstić information content (AvgIpc) is 3.08. The summed E-state index contributed by atoms with van der Waals surface area (Å²) in [6.07, 6.45) is 6.26. The van der Waals surface area contributed by atoms with Crippen LogP contribution in [0.25, 0.3) is 0 Å². The van der Waals surface area contributed by atoms with Gasteiger partial charge in [0.2, 0.25) is 5.91 Å². The maximum Gasteiger partial charge on any atom is 0.223 e. The minimum absolute atomic E-state index is 0.198. The average molecular weight is 289 g/mol. The van der Waals surface area contributed by atoms with Crippen LogP contribution in [0.4, 0.5) is 5.82 Å². The van der Waals surface area contributed by atoms with E-state index < -0.39 is 0 Å². The molecule has 2 heterocycles. The molecule has 3 rings (SSSR count). The molecule has 5 heteroatoms. The third kappa shape index (κ3) is 3.53. The Morgan fingerprint density at radius 2 is 2.10 bits per heavy atom. The van der Waals surface area contributed by atoms with Gasteiger partial charge < -0.3 is 15.0 Å². The van der Waals surface area contributed by atoms with Crippen LogP contribution in [-0.2, 0) is 16.1 Å². The van der Waals surface area contributed by atoms with Crippen molar-refractivity contribution >= 4 is 11.7 Å². The van der Waals surface area contributed by atoms with Gasteiger partial charge in [-0.25, -0.2) is 4.98 Å². The molecule has 2 aliphatic rings. The number of rotatable bonds is 4. The predicted molar refractivity (Wildman–Crippen MR) is 81.1 cm³/mol. The maximum absolute atomic E-state index is 12.1. The van der Waals surface area contributed by atoms with Crippen LogP contribution in [0.1, 0.15) is 31.2 Å². The Bertz CT molecular complexity index is 480. The SMILES string of the molecule is O=C(NCc1cccnc1N1CCOCC1)C1CCCC1. The summed E-state index contributed by atoms with van der Waals surface area (Å²) in [4.78, 5) is 18.9. The summed E-state index contributed by atoms with van der Waals surface area (Å²) in [5.41, 5.74) is 1.09. The van der Waals surface area contributed by atoms with E-state index in [2.05, 4.69) is 15.2 Å². The van der Waals surface area contributed by atoms with Crippen LogP contribution in [0, 0.1) is 5.92 Å². The first-order valence-corrected chi connectivity index (χ1v) is 7.89. The second-order valence-electron chi connectivity index (χ2n) is 5.78. The zero-order valence-electron chi connectivity index (χ0n) is 12.4. The Hall–Kier alpha value is -1.62. The lowest BCUT2D eigenvalue weighted by atomic mass is 10.1. The molecule has 2 fully saturated rings. The van der Waals surface area contributed by atoms with Crippen LogP contribution in [0.2, 0.25) is 0 Å². The van der Waals surface area contributed by atoms with Crippen molar-refractivity contribution in [2.24, 2.45) is 5.92 Å². The van der Waals surface area contributed by atoms with Gasteiger partial charge in [-0.05, 0) is 18.9 Å². The second kappa shape index (κ2) is 6.89. The topological polar surface area (TPSA) is 54.5 Å². The van der Waals surface area contributed by atoms with E-state index in [0.29, 0.717) is 6.54 Å². The number of ether oxygens (including phenoxy) is 1. The van der Waals surface area contributed by atoms with Crippen molar-refractivity contribution in [1.82, 2.24) is 10.3 Å². The summed E-state index contributed by atoms with van der Waals surface area (Å²) >= 11 is 0. The van der Waals surface area contributed by atoms with Gasteiger partial charge >= 0.3 is 0 Å². The zero-order chi connectivity index (χ0) is 14.5. The van der Waals surface area contributed by atoms with Crippen molar-refractivity contribution in [3.05, 3.63) is 23.9 Å². The van der Waals surface area contributed by atoms with E-state index in [1.807, 2.05) is 18.3 Å². The van der Waals surface area contributed by atoms with Gasteiger partial charge in [0.15, 0.2) is 0 Å². The smallest absolute Gasteiger partial charge is 0.223 e. The van der Waals surface area contributed by atoms with Gasteiger partial charge in [0, 0.05) is 37.3 Å². The van der Waals surface area contributed by atoms with Crippen LogP contribution < -0.4 is 10.2 Å². The van der Waals surface area contributed by atoms with Gasteiger partial charge in [0.25, 0.3) is 0 Å². The first kappa shape index (κ1) is 14.3. The molecule has 5 nitrogen and oxygen atoms in total. The molecule has 1 aliphatic heterocycles. The molecular weight excluding hydrogens is 266 g/mol. The number of morpholine rings is 1. The van der Waals surface area contributed by atoms with Gasteiger partial charge in [-0.15, -0.1) is 0 Å². The van der Waals surface area contributed by atoms with Crippen molar-refractivity contribution in [3.8, 4) is 0 Å². The lowest BCUT2D eigenvalue weighted by Crippen LogP contribution is -2.38. The largest absolute Gasteiger partial charge is 0.378 e. The number of hydrogen-bond acceptors (Lipinski definition) is 4. The Labute approximate surface area is 125 Å². The van der Waals surface area contributed by atoms with Crippen LogP contribution in [0.15, 0.2) is 18.3 Å². The molecule has 1 saturated carbocycles. The fourth-order valence-electron chi connectivity index (χ4n) is 3.14. The summed E-state index contributed by atoms with van der Waals surface area (Å²) < 4.78 is 5.39. The van der Waals surface area contributed by atoms with Crippen LogP contribution in [0.5, 0.6) is 0 Å². The number of anilines is 1. The first-order valence-electron chi connectivity index (χ1n) is 7.89. The molecule has 1 saturated heterocycles. The van der Waals surface area contributed by atoms with E-state index in [-0.39, 0.29) is 11.8 Å². The van der Waals surface area contributed by atoms with Crippen molar-refractivity contribution in [2.45, 2.75) is 32.2 Å². The molecule has 0 aromatic carbocycles. The van der Waals surface area contributed by atoms with E-state index >= 15 is 0 Å². The minimum Gasteiger partial charge on any atom is -0.378 e. The molecule has 1 aliphatic carbocycles. The molecular formula is C16H23N3O2. The number of amides is 1. The highest BCUT2D eigenvalue weighted by molar-refractivity contribution is 5.79. The molecule has 1 aromatic heterocycles. The van der Waals surface area contributed by atoms with Gasteiger partial charge in [-0.3, -0.25) is 4.79 Å². The van der Waals surface area contributed by atoms with Gasteiger partial charge in [0.05, 0.1) is 13.2 Å². The number of nitrogens with one attached hydrogen (secondary N) is 1. The summed E-state index contributed by atoms with van der Waals surface area (Å²) in [6.45, 7) is 3.77. The fraction of sp³-hybridized carbons (Fsp3) is 0.625. The highest BCUT2D eigenvalue weighted by atomic mass is 16.5. The van der Waals surface area contributed by atoms with Crippen molar-refractivity contribution in [3.63, 3.8) is 0 Å². The molecule has 114 valence electrons. The van der Waals surface area contributed by atoms with Crippen molar-refractivity contribution < 1.29 is 9.53 Å². The summed E-state index contributed by atoms with van der Waals surface area (Å²) in [5.74, 6) is 1.39. The van der Waals surface area contributed by atoms with E-state index in [4.69, 9.17) is 4.74 Å². The summed E-state index contributed by atoms with van der Waals surface area (Å²) in [7, 11) is 0. The third-order valence-electron chi connectivity index (χ3n) is 4.36. The lowest BCUT2D eigenvalue weighted by Gasteiger charge is -2.29. The number of aromatic nitrogens is 1. The Balaban J connectivity index is 1.63. The first-order chi connectivity index (χ1) is 10.3. The van der Waals surface area contributed by atoms with Crippen LogP contribution in [0.3, 0.4) is 0 Å². The van der Waals surface area contributed by atoms with E-state index in [1.54, 1.807) is 0 Å². The molecule has 1 N–H and O–H groups in total. The van der Waals surface area contributed by atoms with Gasteiger partial charge in [-0.2, -0.15) is 0 Å². The monoisotopic (exact) mass is 289 g/mol. The highest BCUT2D eigenvalue weighted by Gasteiger charge is 2.23. The van der Waals surface area contributed by atoms with Crippen LogP contribution in [-0.4, -0.2) is 37.2 Å². The summed E-state index contributed by atoms with van der Waals surface area (Å²) in [6, 6.07) is 3.98. The highest BCUT2D eigenvalue weighted by Crippen LogP contribution is 2.25. The zero-order valence-corrected chi connectivity index (χ0v) is 12.4. The number of hydrogen-bond donors (Lipinski definition) is 1. The third-order valence-corrected chi connectivity index (χ3v) is 4.36. The van der Waals surface area contributed by atoms with Crippen molar-refractivity contribution in [1.29, 1.82) is 0 Å². The lowest BCUT2D eigenvalue weighted by molar-refractivity contribution is -0.124. The van der Waals surface area contributed by atoms with E-state index in [1.165, 1.54) is 12.8 Å². The minimum atomic E-state index is 0.198. The molecule has 0 bridgehead atoms. The molecule has 1 aromatic rings. The van der Waals surface area contributed by atoms with Crippen molar-refractivity contribution in [2.75, 3.05) is 31.2 Å². The molecule has 0 spiro atoms. The Kier molecular flexibility index (Phi) is 4.70. The van der Waals surface area contributed by atoms with E-state index in [9.17, 15) is 4.79 Å². The molecule has 21 heavy (non-hydrogen) atoms. The fourth-order valence-corrected chi connectivity index (χ4v) is 3.14. The molecule has 1 amide bonds. The number of pyridine rings is 1. The second-order valence-corrected chi connectivity index (χ2v) is 5.78. The predicted octanol–water partition coefficient (Wildman–Crippen LogP) is 1.72. The Morgan fingerprint density at radius 1 is 1.33 bits per heavy atom. The quantitative estimate of drug-likeness (QED) is 0.917. The maximum atomic E-state index is 12.1. The number of carbonyl (C=O) groups excluding carboxylic acids is 1.